The topological polar surface area (TPSA) is 3.24 Å². The summed E-state index contributed by atoms with van der Waals surface area (Å²) in [5, 5.41) is 0. The summed E-state index contributed by atoms with van der Waals surface area (Å²) in [5.74, 6) is 0. The molecule has 204 valence electrons. The van der Waals surface area contributed by atoms with Gasteiger partial charge >= 0.3 is 0 Å². The highest BCUT2D eigenvalue weighted by Crippen LogP contribution is 2.59. The standard InChI is InChI=1S/C40H39N/c1-38(2,3)26-17-19-28(20-18-26)41(27-13-9-8-10-14-27)29-21-22-31-35(25-29)40(6,7)34-24-23-33-36(37(31)34)30-15-11-12-16-32(30)39(33,4)5/h8-25H,1-7H3. The van der Waals surface area contributed by atoms with Gasteiger partial charge in [0.05, 0.1) is 0 Å². The highest BCUT2D eigenvalue weighted by Gasteiger charge is 2.43. The number of para-hydroxylation sites is 1. The van der Waals surface area contributed by atoms with Crippen LogP contribution < -0.4 is 4.90 Å². The molecule has 0 saturated heterocycles. The van der Waals surface area contributed by atoms with Crippen LogP contribution in [0.15, 0.2) is 109 Å². The lowest BCUT2D eigenvalue weighted by atomic mass is 9.79. The van der Waals surface area contributed by atoms with Crippen molar-refractivity contribution in [2.24, 2.45) is 0 Å². The Morgan fingerprint density at radius 2 is 0.976 bits per heavy atom. The van der Waals surface area contributed by atoms with Crippen LogP contribution in [0.4, 0.5) is 17.1 Å². The molecule has 0 amide bonds. The van der Waals surface area contributed by atoms with Crippen molar-refractivity contribution in [2.45, 2.75) is 64.7 Å². The fourth-order valence-electron chi connectivity index (χ4n) is 7.28. The van der Waals surface area contributed by atoms with Crippen LogP contribution in [0.1, 0.15) is 76.3 Å². The second-order valence-electron chi connectivity index (χ2n) is 13.9. The molecule has 1 heteroatoms. The molecule has 5 aromatic rings. The minimum Gasteiger partial charge on any atom is -0.310 e. The van der Waals surface area contributed by atoms with Crippen molar-refractivity contribution in [2.75, 3.05) is 4.90 Å². The minimum absolute atomic E-state index is 0.00286. The van der Waals surface area contributed by atoms with Crippen molar-refractivity contribution in [3.63, 3.8) is 0 Å². The van der Waals surface area contributed by atoms with Crippen LogP contribution in [-0.4, -0.2) is 0 Å². The summed E-state index contributed by atoms with van der Waals surface area (Å²) in [5.41, 5.74) is 16.2. The molecule has 0 heterocycles. The maximum absolute atomic E-state index is 2.44. The number of fused-ring (bicyclic) bond motifs is 7. The van der Waals surface area contributed by atoms with E-state index in [0.717, 1.165) is 0 Å². The third-order valence-electron chi connectivity index (χ3n) is 9.63. The second kappa shape index (κ2) is 8.70. The summed E-state index contributed by atoms with van der Waals surface area (Å²) in [7, 11) is 0. The van der Waals surface area contributed by atoms with Gasteiger partial charge in [0, 0.05) is 27.9 Å². The van der Waals surface area contributed by atoms with E-state index in [1.165, 1.54) is 67.1 Å². The number of nitrogens with zero attached hydrogens (tertiary/aromatic N) is 1. The van der Waals surface area contributed by atoms with Gasteiger partial charge in [0.1, 0.15) is 0 Å². The largest absolute Gasteiger partial charge is 0.310 e. The van der Waals surface area contributed by atoms with Gasteiger partial charge in [-0.05, 0) is 91.9 Å². The van der Waals surface area contributed by atoms with Crippen LogP contribution in [0.2, 0.25) is 0 Å². The van der Waals surface area contributed by atoms with E-state index in [-0.39, 0.29) is 16.2 Å². The summed E-state index contributed by atoms with van der Waals surface area (Å²) in [6.07, 6.45) is 0. The first-order valence-electron chi connectivity index (χ1n) is 14.9. The van der Waals surface area contributed by atoms with Gasteiger partial charge in [0.15, 0.2) is 0 Å². The summed E-state index contributed by atoms with van der Waals surface area (Å²) >= 11 is 0. The molecular formula is C40H39N. The molecule has 0 spiro atoms. The first-order chi connectivity index (χ1) is 19.5. The van der Waals surface area contributed by atoms with E-state index in [1.807, 2.05) is 0 Å². The average molecular weight is 534 g/mol. The predicted octanol–water partition coefficient (Wildman–Crippen LogP) is 11.1. The van der Waals surface area contributed by atoms with Crippen LogP contribution in [0, 0.1) is 0 Å². The zero-order chi connectivity index (χ0) is 28.7. The molecule has 0 fully saturated rings. The smallest absolute Gasteiger partial charge is 0.0465 e. The quantitative estimate of drug-likeness (QED) is 0.223. The van der Waals surface area contributed by atoms with Crippen molar-refractivity contribution < 1.29 is 0 Å². The molecule has 0 N–H and O–H groups in total. The number of benzene rings is 5. The molecule has 7 rings (SSSR count). The van der Waals surface area contributed by atoms with Crippen LogP contribution in [0.25, 0.3) is 22.3 Å². The third-order valence-corrected chi connectivity index (χ3v) is 9.63. The van der Waals surface area contributed by atoms with E-state index in [0.29, 0.717) is 0 Å². The fraction of sp³-hybridized carbons (Fsp3) is 0.250. The lowest BCUT2D eigenvalue weighted by Crippen LogP contribution is -2.17. The minimum atomic E-state index is -0.101. The predicted molar refractivity (Wildman–Crippen MR) is 175 cm³/mol. The van der Waals surface area contributed by atoms with Crippen molar-refractivity contribution in [3.8, 4) is 22.3 Å². The normalized spacial score (nSPS) is 15.6. The molecule has 2 aliphatic rings. The number of rotatable bonds is 3. The number of hydrogen-bond donors (Lipinski definition) is 0. The SMILES string of the molecule is CC(C)(C)c1ccc(N(c2ccccc2)c2ccc3c(c2)C(C)(C)c2ccc4c(c2-3)-c2ccccc2C4(C)C)cc1. The lowest BCUT2D eigenvalue weighted by Gasteiger charge is -2.29. The summed E-state index contributed by atoms with van der Waals surface area (Å²) in [4.78, 5) is 2.40. The van der Waals surface area contributed by atoms with Crippen molar-refractivity contribution >= 4 is 17.1 Å². The van der Waals surface area contributed by atoms with Gasteiger partial charge in [-0.1, -0.05) is 121 Å². The van der Waals surface area contributed by atoms with Gasteiger partial charge in [0.2, 0.25) is 0 Å². The van der Waals surface area contributed by atoms with Gasteiger partial charge in [0.25, 0.3) is 0 Å². The van der Waals surface area contributed by atoms with Crippen LogP contribution >= 0.6 is 0 Å². The van der Waals surface area contributed by atoms with E-state index in [4.69, 9.17) is 0 Å². The Morgan fingerprint density at radius 3 is 1.61 bits per heavy atom. The Kier molecular flexibility index (Phi) is 5.48. The number of anilines is 3. The molecule has 0 aromatic heterocycles. The van der Waals surface area contributed by atoms with Crippen molar-refractivity contribution in [1.82, 2.24) is 0 Å². The van der Waals surface area contributed by atoms with Crippen molar-refractivity contribution in [1.29, 1.82) is 0 Å². The zero-order valence-corrected chi connectivity index (χ0v) is 25.3. The van der Waals surface area contributed by atoms with E-state index in [1.54, 1.807) is 0 Å². The zero-order valence-electron chi connectivity index (χ0n) is 25.3. The Morgan fingerprint density at radius 1 is 0.463 bits per heavy atom. The van der Waals surface area contributed by atoms with Crippen LogP contribution in [0.5, 0.6) is 0 Å². The van der Waals surface area contributed by atoms with Gasteiger partial charge in [-0.25, -0.2) is 0 Å². The van der Waals surface area contributed by atoms with Gasteiger partial charge in [-0.3, -0.25) is 0 Å². The highest BCUT2D eigenvalue weighted by molar-refractivity contribution is 5.99. The molecular weight excluding hydrogens is 494 g/mol. The van der Waals surface area contributed by atoms with Crippen LogP contribution in [0.3, 0.4) is 0 Å². The third kappa shape index (κ3) is 3.75. The first-order valence-corrected chi connectivity index (χ1v) is 14.9. The Balaban J connectivity index is 1.42. The average Bonchev–Trinajstić information content (AvgIpc) is 3.33. The Hall–Kier alpha value is -4.10. The van der Waals surface area contributed by atoms with Gasteiger partial charge in [-0.15, -0.1) is 0 Å². The molecule has 2 aliphatic carbocycles. The van der Waals surface area contributed by atoms with E-state index < -0.39 is 0 Å². The highest BCUT2D eigenvalue weighted by atomic mass is 15.1. The first kappa shape index (κ1) is 25.8. The summed E-state index contributed by atoms with van der Waals surface area (Å²) in [6.45, 7) is 16.3. The lowest BCUT2D eigenvalue weighted by molar-refractivity contribution is 0.590. The Bertz CT molecular complexity index is 1800. The maximum Gasteiger partial charge on any atom is 0.0465 e. The molecule has 0 aliphatic heterocycles. The number of hydrogen-bond acceptors (Lipinski definition) is 1. The maximum atomic E-state index is 2.44. The fourth-order valence-corrected chi connectivity index (χ4v) is 7.28. The molecule has 0 atom stereocenters. The second-order valence-corrected chi connectivity index (χ2v) is 13.9. The molecule has 0 radical (unpaired) electrons. The van der Waals surface area contributed by atoms with E-state index >= 15 is 0 Å². The molecule has 1 nitrogen and oxygen atoms in total. The Labute approximate surface area is 245 Å². The van der Waals surface area contributed by atoms with Crippen molar-refractivity contribution in [3.05, 3.63) is 137 Å². The monoisotopic (exact) mass is 533 g/mol. The molecule has 0 unspecified atom stereocenters. The summed E-state index contributed by atoms with van der Waals surface area (Å²) < 4.78 is 0. The molecule has 0 saturated carbocycles. The molecule has 5 aromatic carbocycles. The van der Waals surface area contributed by atoms with E-state index in [9.17, 15) is 0 Å². The van der Waals surface area contributed by atoms with Crippen LogP contribution in [-0.2, 0) is 16.2 Å². The summed E-state index contributed by atoms with van der Waals surface area (Å²) in [6, 6.07) is 40.8. The van der Waals surface area contributed by atoms with E-state index in [2.05, 4.69) is 163 Å². The van der Waals surface area contributed by atoms with Gasteiger partial charge < -0.3 is 4.90 Å². The molecule has 41 heavy (non-hydrogen) atoms. The van der Waals surface area contributed by atoms with Gasteiger partial charge in [-0.2, -0.15) is 0 Å². The molecule has 0 bridgehead atoms.